The molecule has 2 aromatic carbocycles. The number of aromatic nitrogens is 1. The summed E-state index contributed by atoms with van der Waals surface area (Å²) in [4.78, 5) is 29.1. The van der Waals surface area contributed by atoms with Crippen LogP contribution < -0.4 is 16.0 Å². The molecule has 1 fully saturated rings. The molecule has 162 valence electrons. The van der Waals surface area contributed by atoms with E-state index in [0.29, 0.717) is 19.4 Å². The maximum absolute atomic E-state index is 13.1. The Morgan fingerprint density at radius 1 is 1.00 bits per heavy atom. The summed E-state index contributed by atoms with van der Waals surface area (Å²) in [5.41, 5.74) is 2.10. The minimum Gasteiger partial charge on any atom is -0.361 e. The first-order valence-corrected chi connectivity index (χ1v) is 11.5. The fourth-order valence-corrected chi connectivity index (χ4v) is 4.52. The van der Waals surface area contributed by atoms with Gasteiger partial charge >= 0.3 is 6.03 Å². The van der Waals surface area contributed by atoms with E-state index in [2.05, 4.69) is 42.9 Å². The molecular formula is C24H27BrN4O2. The predicted octanol–water partition coefficient (Wildman–Crippen LogP) is 5.11. The number of nitrogens with one attached hydrogen (secondary N) is 4. The Labute approximate surface area is 190 Å². The van der Waals surface area contributed by atoms with Crippen molar-refractivity contribution in [3.63, 3.8) is 0 Å². The van der Waals surface area contributed by atoms with Crippen LogP contribution in [0.15, 0.2) is 59.2 Å². The van der Waals surface area contributed by atoms with E-state index in [1.807, 2.05) is 48.7 Å². The van der Waals surface area contributed by atoms with Crippen LogP contribution >= 0.6 is 15.9 Å². The number of carbonyl (C=O) groups is 2. The van der Waals surface area contributed by atoms with Crippen LogP contribution in [-0.4, -0.2) is 29.0 Å². The van der Waals surface area contributed by atoms with E-state index >= 15 is 0 Å². The van der Waals surface area contributed by atoms with Gasteiger partial charge in [-0.25, -0.2) is 4.79 Å². The van der Waals surface area contributed by atoms with Gasteiger partial charge in [-0.1, -0.05) is 53.4 Å². The molecule has 0 saturated heterocycles. The fourth-order valence-electron chi connectivity index (χ4n) is 4.26. The monoisotopic (exact) mass is 482 g/mol. The van der Waals surface area contributed by atoms with Crippen LogP contribution in [0.4, 0.5) is 10.5 Å². The summed E-state index contributed by atoms with van der Waals surface area (Å²) in [6.45, 7) is 0.498. The van der Waals surface area contributed by atoms with Gasteiger partial charge in [0, 0.05) is 33.8 Å². The van der Waals surface area contributed by atoms with Crippen molar-refractivity contribution >= 4 is 44.5 Å². The molecule has 6 nitrogen and oxygen atoms in total. The molecule has 7 heteroatoms. The summed E-state index contributed by atoms with van der Waals surface area (Å²) in [6.07, 6.45) is 6.91. The maximum atomic E-state index is 13.1. The largest absolute Gasteiger partial charge is 0.361 e. The zero-order valence-electron chi connectivity index (χ0n) is 17.3. The number of H-pyrrole nitrogens is 1. The number of anilines is 1. The van der Waals surface area contributed by atoms with Crippen LogP contribution in [-0.2, 0) is 11.2 Å². The Kier molecular flexibility index (Phi) is 6.61. The van der Waals surface area contributed by atoms with Crippen molar-refractivity contribution in [1.82, 2.24) is 15.6 Å². The second-order valence-electron chi connectivity index (χ2n) is 8.09. The van der Waals surface area contributed by atoms with Crippen molar-refractivity contribution in [2.75, 3.05) is 11.9 Å². The minimum atomic E-state index is -0.879. The summed E-state index contributed by atoms with van der Waals surface area (Å²) < 4.78 is 0.950. The normalized spacial score (nSPS) is 15.4. The SMILES string of the molecule is O=C(NCCc1c[nH]c2ccccc12)NC1(C(=O)Nc2ccc(Br)cc2)CCCCC1. The zero-order valence-corrected chi connectivity index (χ0v) is 18.9. The van der Waals surface area contributed by atoms with E-state index in [0.717, 1.165) is 46.9 Å². The molecule has 0 spiro atoms. The second-order valence-corrected chi connectivity index (χ2v) is 9.01. The maximum Gasteiger partial charge on any atom is 0.315 e. The van der Waals surface area contributed by atoms with Crippen molar-refractivity contribution < 1.29 is 9.59 Å². The lowest BCUT2D eigenvalue weighted by Gasteiger charge is -2.36. The van der Waals surface area contributed by atoms with Gasteiger partial charge in [0.2, 0.25) is 5.91 Å². The predicted molar refractivity (Wildman–Crippen MR) is 127 cm³/mol. The molecule has 0 aliphatic heterocycles. The molecule has 1 saturated carbocycles. The van der Waals surface area contributed by atoms with Crippen LogP contribution in [0, 0.1) is 0 Å². The number of amides is 3. The summed E-state index contributed by atoms with van der Waals surface area (Å²) in [5, 5.41) is 10.1. The van der Waals surface area contributed by atoms with Gasteiger partial charge in [0.05, 0.1) is 0 Å². The zero-order chi connectivity index (χ0) is 21.7. The third-order valence-electron chi connectivity index (χ3n) is 5.95. The number of urea groups is 1. The van der Waals surface area contributed by atoms with Gasteiger partial charge in [0.15, 0.2) is 0 Å². The van der Waals surface area contributed by atoms with Crippen LogP contribution in [0.1, 0.15) is 37.7 Å². The van der Waals surface area contributed by atoms with Gasteiger partial charge in [-0.05, 0) is 55.2 Å². The molecule has 31 heavy (non-hydrogen) atoms. The van der Waals surface area contributed by atoms with Crippen LogP contribution in [0.3, 0.4) is 0 Å². The molecule has 1 heterocycles. The van der Waals surface area contributed by atoms with Crippen molar-refractivity contribution in [1.29, 1.82) is 0 Å². The van der Waals surface area contributed by atoms with Gasteiger partial charge < -0.3 is 20.9 Å². The molecule has 1 aromatic heterocycles. The quantitative estimate of drug-likeness (QED) is 0.393. The molecule has 3 amide bonds. The highest BCUT2D eigenvalue weighted by molar-refractivity contribution is 9.10. The summed E-state index contributed by atoms with van der Waals surface area (Å²) in [6, 6.07) is 15.3. The molecule has 0 radical (unpaired) electrons. The number of rotatable bonds is 6. The smallest absolute Gasteiger partial charge is 0.315 e. The van der Waals surface area contributed by atoms with Crippen LogP contribution in [0.5, 0.6) is 0 Å². The number of halogens is 1. The number of para-hydroxylation sites is 1. The third kappa shape index (κ3) is 5.10. The van der Waals surface area contributed by atoms with Gasteiger partial charge in [0.25, 0.3) is 0 Å². The molecule has 4 rings (SSSR count). The molecule has 3 aromatic rings. The lowest BCUT2D eigenvalue weighted by molar-refractivity contribution is -0.123. The summed E-state index contributed by atoms with van der Waals surface area (Å²) in [5.74, 6) is -0.152. The average Bonchev–Trinajstić information content (AvgIpc) is 3.19. The van der Waals surface area contributed by atoms with E-state index in [9.17, 15) is 9.59 Å². The Morgan fingerprint density at radius 2 is 1.74 bits per heavy atom. The Balaban J connectivity index is 1.37. The Morgan fingerprint density at radius 3 is 2.52 bits per heavy atom. The van der Waals surface area contributed by atoms with Gasteiger partial charge in [-0.3, -0.25) is 4.79 Å². The lowest BCUT2D eigenvalue weighted by Crippen LogP contribution is -2.60. The molecule has 1 aliphatic carbocycles. The van der Waals surface area contributed by atoms with Crippen molar-refractivity contribution in [2.24, 2.45) is 0 Å². The third-order valence-corrected chi connectivity index (χ3v) is 6.48. The van der Waals surface area contributed by atoms with Gasteiger partial charge in [-0.2, -0.15) is 0 Å². The van der Waals surface area contributed by atoms with Gasteiger partial charge in [0.1, 0.15) is 5.54 Å². The number of fused-ring (bicyclic) bond motifs is 1. The first-order valence-electron chi connectivity index (χ1n) is 10.7. The first-order chi connectivity index (χ1) is 15.1. The van der Waals surface area contributed by atoms with E-state index in [-0.39, 0.29) is 11.9 Å². The van der Waals surface area contributed by atoms with E-state index < -0.39 is 5.54 Å². The highest BCUT2D eigenvalue weighted by atomic mass is 79.9. The number of hydrogen-bond donors (Lipinski definition) is 4. The fraction of sp³-hybridized carbons (Fsp3) is 0.333. The molecule has 0 atom stereocenters. The second kappa shape index (κ2) is 9.56. The average molecular weight is 483 g/mol. The highest BCUT2D eigenvalue weighted by Crippen LogP contribution is 2.30. The molecule has 4 N–H and O–H groups in total. The first kappa shape index (κ1) is 21.4. The minimum absolute atomic E-state index is 0.152. The Bertz CT molecular complexity index is 1050. The van der Waals surface area contributed by atoms with E-state index in [1.54, 1.807) is 0 Å². The number of aromatic amines is 1. The van der Waals surface area contributed by atoms with Crippen LogP contribution in [0.25, 0.3) is 10.9 Å². The van der Waals surface area contributed by atoms with E-state index in [4.69, 9.17) is 0 Å². The number of benzene rings is 2. The topological polar surface area (TPSA) is 86.0 Å². The summed E-state index contributed by atoms with van der Waals surface area (Å²) >= 11 is 3.40. The Hall–Kier alpha value is -2.80. The van der Waals surface area contributed by atoms with Gasteiger partial charge in [-0.15, -0.1) is 0 Å². The lowest BCUT2D eigenvalue weighted by atomic mass is 9.81. The highest BCUT2D eigenvalue weighted by Gasteiger charge is 2.40. The van der Waals surface area contributed by atoms with Crippen molar-refractivity contribution in [3.8, 4) is 0 Å². The molecule has 0 unspecified atom stereocenters. The summed E-state index contributed by atoms with van der Waals surface area (Å²) in [7, 11) is 0. The van der Waals surface area contributed by atoms with Crippen molar-refractivity contribution in [3.05, 3.63) is 64.8 Å². The van der Waals surface area contributed by atoms with Crippen LogP contribution in [0.2, 0.25) is 0 Å². The standard InChI is InChI=1S/C24H27BrN4O2/c25-18-8-10-19(11-9-18)28-22(30)24(13-4-1-5-14-24)29-23(31)26-15-12-17-16-27-21-7-3-2-6-20(17)21/h2-3,6-11,16,27H,1,4-5,12-15H2,(H,28,30)(H2,26,29,31). The van der Waals surface area contributed by atoms with Crippen molar-refractivity contribution in [2.45, 2.75) is 44.1 Å². The van der Waals surface area contributed by atoms with E-state index in [1.165, 1.54) is 5.39 Å². The number of hydrogen-bond acceptors (Lipinski definition) is 2. The molecular weight excluding hydrogens is 456 g/mol. The molecule has 1 aliphatic rings. The molecule has 0 bridgehead atoms. The number of carbonyl (C=O) groups excluding carboxylic acids is 2.